The van der Waals surface area contributed by atoms with E-state index in [9.17, 15) is 5.11 Å². The van der Waals surface area contributed by atoms with Crippen LogP contribution in [-0.2, 0) is 6.61 Å². The Morgan fingerprint density at radius 1 is 1.10 bits per heavy atom. The Bertz CT molecular complexity index is 759. The first-order chi connectivity index (χ1) is 9.78. The van der Waals surface area contributed by atoms with Crippen LogP contribution >= 0.6 is 0 Å². The molecule has 0 saturated carbocycles. The largest absolute Gasteiger partial charge is 0.438 e. The fourth-order valence-electron chi connectivity index (χ4n) is 1.97. The van der Waals surface area contributed by atoms with Crippen molar-refractivity contribution in [2.45, 2.75) is 6.61 Å². The van der Waals surface area contributed by atoms with Gasteiger partial charge in [-0.05, 0) is 24.3 Å². The molecule has 1 heterocycles. The quantitative estimate of drug-likeness (QED) is 0.712. The number of para-hydroxylation sites is 1. The van der Waals surface area contributed by atoms with Gasteiger partial charge in [0, 0.05) is 11.3 Å². The standard InChI is InChI=1S/C15H13N3O2/c16-11-5-6-13-12(7-11)15(18-9-17-13)20-14-4-2-1-3-10(14)8-19/h1-7,9,19H,8,16H2. The topological polar surface area (TPSA) is 81.3 Å². The van der Waals surface area contributed by atoms with Crippen LogP contribution in [0.1, 0.15) is 5.56 Å². The van der Waals surface area contributed by atoms with E-state index in [2.05, 4.69) is 9.97 Å². The van der Waals surface area contributed by atoms with Gasteiger partial charge in [-0.2, -0.15) is 0 Å². The third-order valence-corrected chi connectivity index (χ3v) is 2.97. The monoisotopic (exact) mass is 267 g/mol. The summed E-state index contributed by atoms with van der Waals surface area (Å²) in [6.07, 6.45) is 1.44. The number of aliphatic hydroxyl groups is 1. The lowest BCUT2D eigenvalue weighted by molar-refractivity contribution is 0.276. The Kier molecular flexibility index (Phi) is 3.18. The molecule has 0 aliphatic heterocycles. The summed E-state index contributed by atoms with van der Waals surface area (Å²) in [4.78, 5) is 8.32. The number of ether oxygens (including phenoxy) is 1. The molecule has 0 fully saturated rings. The van der Waals surface area contributed by atoms with Crippen molar-refractivity contribution in [3.63, 3.8) is 0 Å². The zero-order valence-corrected chi connectivity index (χ0v) is 10.7. The second kappa shape index (κ2) is 5.14. The second-order valence-electron chi connectivity index (χ2n) is 4.32. The number of benzene rings is 2. The highest BCUT2D eigenvalue weighted by Gasteiger charge is 2.09. The highest BCUT2D eigenvalue weighted by atomic mass is 16.5. The molecule has 100 valence electrons. The number of aromatic nitrogens is 2. The lowest BCUT2D eigenvalue weighted by Crippen LogP contribution is -1.95. The summed E-state index contributed by atoms with van der Waals surface area (Å²) in [6.45, 7) is -0.0959. The van der Waals surface area contributed by atoms with Gasteiger partial charge in [0.1, 0.15) is 12.1 Å². The molecule has 0 unspecified atom stereocenters. The normalized spacial score (nSPS) is 10.7. The summed E-state index contributed by atoms with van der Waals surface area (Å²) in [5, 5.41) is 10.1. The van der Waals surface area contributed by atoms with Crippen LogP contribution in [0.4, 0.5) is 5.69 Å². The number of nitrogens with two attached hydrogens (primary N) is 1. The minimum atomic E-state index is -0.0959. The van der Waals surface area contributed by atoms with Crippen molar-refractivity contribution in [3.8, 4) is 11.6 Å². The molecule has 5 heteroatoms. The summed E-state index contributed by atoms with van der Waals surface area (Å²) < 4.78 is 5.80. The van der Waals surface area contributed by atoms with E-state index < -0.39 is 0 Å². The van der Waals surface area contributed by atoms with Crippen LogP contribution in [0.5, 0.6) is 11.6 Å². The Hall–Kier alpha value is -2.66. The molecule has 0 amide bonds. The fraction of sp³-hybridized carbons (Fsp3) is 0.0667. The zero-order valence-electron chi connectivity index (χ0n) is 10.7. The molecule has 20 heavy (non-hydrogen) atoms. The smallest absolute Gasteiger partial charge is 0.230 e. The van der Waals surface area contributed by atoms with E-state index in [0.717, 1.165) is 10.9 Å². The van der Waals surface area contributed by atoms with Crippen LogP contribution in [0.15, 0.2) is 48.8 Å². The van der Waals surface area contributed by atoms with E-state index in [-0.39, 0.29) is 6.61 Å². The molecule has 2 aromatic carbocycles. The minimum Gasteiger partial charge on any atom is -0.438 e. The Morgan fingerprint density at radius 2 is 1.95 bits per heavy atom. The van der Waals surface area contributed by atoms with Gasteiger partial charge in [-0.15, -0.1) is 0 Å². The molecule has 5 nitrogen and oxygen atoms in total. The van der Waals surface area contributed by atoms with E-state index in [1.54, 1.807) is 24.3 Å². The van der Waals surface area contributed by atoms with Crippen molar-refractivity contribution in [2.24, 2.45) is 0 Å². The fourth-order valence-corrected chi connectivity index (χ4v) is 1.97. The van der Waals surface area contributed by atoms with Crippen LogP contribution in [0.25, 0.3) is 10.9 Å². The molecular formula is C15H13N3O2. The van der Waals surface area contributed by atoms with E-state index in [4.69, 9.17) is 10.5 Å². The molecule has 0 spiro atoms. The van der Waals surface area contributed by atoms with Crippen molar-refractivity contribution in [1.82, 2.24) is 9.97 Å². The Morgan fingerprint density at radius 3 is 2.80 bits per heavy atom. The lowest BCUT2D eigenvalue weighted by atomic mass is 10.2. The number of rotatable bonds is 3. The highest BCUT2D eigenvalue weighted by molar-refractivity contribution is 5.86. The number of aliphatic hydroxyl groups excluding tert-OH is 1. The van der Waals surface area contributed by atoms with Crippen molar-refractivity contribution in [1.29, 1.82) is 0 Å². The van der Waals surface area contributed by atoms with E-state index in [1.807, 2.05) is 18.2 Å². The number of hydrogen-bond donors (Lipinski definition) is 2. The van der Waals surface area contributed by atoms with Crippen molar-refractivity contribution >= 4 is 16.6 Å². The van der Waals surface area contributed by atoms with Gasteiger partial charge in [-0.25, -0.2) is 9.97 Å². The van der Waals surface area contributed by atoms with E-state index in [1.165, 1.54) is 6.33 Å². The van der Waals surface area contributed by atoms with Gasteiger partial charge in [0.15, 0.2) is 0 Å². The predicted octanol–water partition coefficient (Wildman–Crippen LogP) is 2.50. The third-order valence-electron chi connectivity index (χ3n) is 2.97. The van der Waals surface area contributed by atoms with Gasteiger partial charge < -0.3 is 15.6 Å². The van der Waals surface area contributed by atoms with Gasteiger partial charge in [0.25, 0.3) is 0 Å². The van der Waals surface area contributed by atoms with Crippen LogP contribution < -0.4 is 10.5 Å². The maximum Gasteiger partial charge on any atom is 0.230 e. The van der Waals surface area contributed by atoms with Gasteiger partial charge in [0.05, 0.1) is 17.5 Å². The van der Waals surface area contributed by atoms with Crippen LogP contribution in [-0.4, -0.2) is 15.1 Å². The van der Waals surface area contributed by atoms with Gasteiger partial charge in [-0.1, -0.05) is 18.2 Å². The molecule has 0 aliphatic rings. The molecule has 3 N–H and O–H groups in total. The molecule has 1 aromatic heterocycles. The molecule has 0 saturated heterocycles. The second-order valence-corrected chi connectivity index (χ2v) is 4.32. The molecule has 3 rings (SSSR count). The SMILES string of the molecule is Nc1ccc2ncnc(Oc3ccccc3CO)c2c1. The molecule has 0 atom stereocenters. The van der Waals surface area contributed by atoms with Crippen LogP contribution in [0.2, 0.25) is 0 Å². The average Bonchev–Trinajstić information content (AvgIpc) is 2.48. The van der Waals surface area contributed by atoms with E-state index in [0.29, 0.717) is 22.9 Å². The number of nitrogens with zero attached hydrogens (tertiary/aromatic N) is 2. The summed E-state index contributed by atoms with van der Waals surface area (Å²) in [7, 11) is 0. The van der Waals surface area contributed by atoms with Gasteiger partial charge in [-0.3, -0.25) is 0 Å². The van der Waals surface area contributed by atoms with Gasteiger partial charge >= 0.3 is 0 Å². The summed E-state index contributed by atoms with van der Waals surface area (Å²) in [6, 6.07) is 12.6. The van der Waals surface area contributed by atoms with Crippen molar-refractivity contribution in [2.75, 3.05) is 5.73 Å². The summed E-state index contributed by atoms with van der Waals surface area (Å²) >= 11 is 0. The Labute approximate surface area is 115 Å². The first kappa shape index (κ1) is 12.4. The number of nitrogen functional groups attached to an aromatic ring is 1. The minimum absolute atomic E-state index is 0.0959. The third kappa shape index (κ3) is 2.26. The number of hydrogen-bond acceptors (Lipinski definition) is 5. The molecule has 0 aliphatic carbocycles. The van der Waals surface area contributed by atoms with Crippen molar-refractivity contribution in [3.05, 3.63) is 54.4 Å². The first-order valence-electron chi connectivity index (χ1n) is 6.15. The van der Waals surface area contributed by atoms with Crippen molar-refractivity contribution < 1.29 is 9.84 Å². The molecular weight excluding hydrogens is 254 g/mol. The maximum atomic E-state index is 9.32. The summed E-state index contributed by atoms with van der Waals surface area (Å²) in [5.41, 5.74) is 7.86. The zero-order chi connectivity index (χ0) is 13.9. The maximum absolute atomic E-state index is 9.32. The Balaban J connectivity index is 2.08. The van der Waals surface area contributed by atoms with E-state index >= 15 is 0 Å². The first-order valence-corrected chi connectivity index (χ1v) is 6.15. The number of fused-ring (bicyclic) bond motifs is 1. The molecule has 0 radical (unpaired) electrons. The number of anilines is 1. The highest BCUT2D eigenvalue weighted by Crippen LogP contribution is 2.29. The molecule has 3 aromatic rings. The van der Waals surface area contributed by atoms with Crippen LogP contribution in [0, 0.1) is 0 Å². The lowest BCUT2D eigenvalue weighted by Gasteiger charge is -2.10. The summed E-state index contributed by atoms with van der Waals surface area (Å²) in [5.74, 6) is 0.987. The predicted molar refractivity (Wildman–Crippen MR) is 76.4 cm³/mol. The average molecular weight is 267 g/mol. The van der Waals surface area contributed by atoms with Gasteiger partial charge in [0.2, 0.25) is 5.88 Å². The van der Waals surface area contributed by atoms with Crippen LogP contribution in [0.3, 0.4) is 0 Å². The molecule has 0 bridgehead atoms.